The molecule has 0 fully saturated rings. The van der Waals surface area contributed by atoms with Crippen molar-refractivity contribution in [1.29, 1.82) is 0 Å². The van der Waals surface area contributed by atoms with Crippen molar-refractivity contribution >= 4 is 34.2 Å². The lowest BCUT2D eigenvalue weighted by atomic mass is 9.97. The zero-order valence-corrected chi connectivity index (χ0v) is 13.3. The average molecular weight is 323 g/mol. The molecule has 0 aliphatic carbocycles. The summed E-state index contributed by atoms with van der Waals surface area (Å²) >= 11 is 5.98. The van der Waals surface area contributed by atoms with Crippen LogP contribution in [-0.2, 0) is 4.74 Å². The number of benzene rings is 2. The fourth-order valence-electron chi connectivity index (χ4n) is 2.77. The van der Waals surface area contributed by atoms with Gasteiger partial charge in [-0.2, -0.15) is 0 Å². The van der Waals surface area contributed by atoms with Gasteiger partial charge in [0.1, 0.15) is 5.75 Å². The van der Waals surface area contributed by atoms with E-state index in [2.05, 4.69) is 5.73 Å². The monoisotopic (exact) mass is 322 g/mol. The highest BCUT2D eigenvalue weighted by Crippen LogP contribution is 2.46. The Morgan fingerprint density at radius 2 is 2.14 bits per heavy atom. The van der Waals surface area contributed by atoms with Crippen LogP contribution in [0.4, 0.5) is 10.5 Å². The lowest BCUT2D eigenvalue weighted by molar-refractivity contribution is 0.179. The summed E-state index contributed by atoms with van der Waals surface area (Å²) in [5.74, 6) is 0.456. The SMILES string of the molecule is CN.COC(=O)N1C[C@H](CCl)c2c1cc1ccccc1c2O. The number of nitrogens with zero attached hydrogens (tertiary/aromatic N) is 1. The van der Waals surface area contributed by atoms with Crippen molar-refractivity contribution in [3.63, 3.8) is 0 Å². The Kier molecular flexibility index (Phi) is 5.11. The molecule has 2 aromatic carbocycles. The minimum absolute atomic E-state index is 0.0876. The molecule has 6 heteroatoms. The molecule has 1 aliphatic heterocycles. The van der Waals surface area contributed by atoms with Gasteiger partial charge in [-0.05, 0) is 18.5 Å². The molecule has 3 N–H and O–H groups in total. The van der Waals surface area contributed by atoms with Crippen LogP contribution in [0.3, 0.4) is 0 Å². The van der Waals surface area contributed by atoms with Crippen molar-refractivity contribution in [2.45, 2.75) is 5.92 Å². The Labute approximate surface area is 134 Å². The van der Waals surface area contributed by atoms with Crippen molar-refractivity contribution < 1.29 is 14.6 Å². The number of rotatable bonds is 1. The summed E-state index contributed by atoms with van der Waals surface area (Å²) in [6, 6.07) is 9.42. The molecule has 3 rings (SSSR count). The van der Waals surface area contributed by atoms with E-state index in [1.807, 2.05) is 30.3 Å². The topological polar surface area (TPSA) is 75.8 Å². The van der Waals surface area contributed by atoms with Crippen LogP contribution in [0.5, 0.6) is 5.75 Å². The molecule has 22 heavy (non-hydrogen) atoms. The highest BCUT2D eigenvalue weighted by molar-refractivity contribution is 6.18. The van der Waals surface area contributed by atoms with Crippen LogP contribution in [-0.4, -0.2) is 37.8 Å². The Balaban J connectivity index is 0.000000847. The molecule has 0 saturated carbocycles. The number of carbonyl (C=O) groups excluding carboxylic acids is 1. The first-order chi connectivity index (χ1) is 10.7. The third-order valence-electron chi connectivity index (χ3n) is 3.72. The maximum absolute atomic E-state index is 11.9. The molecule has 1 heterocycles. The number of phenolic OH excluding ortho intramolecular Hbond substituents is 1. The van der Waals surface area contributed by atoms with Gasteiger partial charge in [-0.1, -0.05) is 24.3 Å². The zero-order valence-electron chi connectivity index (χ0n) is 12.5. The Morgan fingerprint density at radius 1 is 1.45 bits per heavy atom. The second-order valence-electron chi connectivity index (χ2n) is 4.81. The molecule has 1 atom stereocenters. The largest absolute Gasteiger partial charge is 0.507 e. The first-order valence-electron chi connectivity index (χ1n) is 6.91. The molecule has 5 nitrogen and oxygen atoms in total. The number of aromatic hydroxyl groups is 1. The Hall–Kier alpha value is -1.98. The lowest BCUT2D eigenvalue weighted by Gasteiger charge is -2.16. The van der Waals surface area contributed by atoms with Crippen LogP contribution >= 0.6 is 11.6 Å². The number of ether oxygens (including phenoxy) is 1. The van der Waals surface area contributed by atoms with Crippen LogP contribution in [0.15, 0.2) is 30.3 Å². The molecule has 1 aliphatic rings. The van der Waals surface area contributed by atoms with Gasteiger partial charge in [0.25, 0.3) is 0 Å². The number of alkyl halides is 1. The molecule has 1 amide bonds. The first-order valence-corrected chi connectivity index (χ1v) is 7.44. The number of hydrogen-bond acceptors (Lipinski definition) is 4. The Morgan fingerprint density at radius 3 is 2.77 bits per heavy atom. The second-order valence-corrected chi connectivity index (χ2v) is 5.12. The molecular weight excluding hydrogens is 304 g/mol. The summed E-state index contributed by atoms with van der Waals surface area (Å²) in [6.07, 6.45) is -0.437. The number of nitrogens with two attached hydrogens (primary N) is 1. The maximum Gasteiger partial charge on any atom is 0.414 e. The van der Waals surface area contributed by atoms with E-state index in [0.717, 1.165) is 16.3 Å². The summed E-state index contributed by atoms with van der Waals surface area (Å²) in [6.45, 7) is 0.426. The minimum Gasteiger partial charge on any atom is -0.507 e. The van der Waals surface area contributed by atoms with Gasteiger partial charge in [0, 0.05) is 29.3 Å². The van der Waals surface area contributed by atoms with Gasteiger partial charge in [0.15, 0.2) is 0 Å². The standard InChI is InChI=1S/C15H14ClNO3.CH5N/c1-20-15(19)17-8-10(7-16)13-12(17)6-9-4-2-3-5-11(9)14(13)18;1-2/h2-6,10,18H,7-8H2,1H3;2H2,1H3/t10-;/m0./s1. The summed E-state index contributed by atoms with van der Waals surface area (Å²) in [4.78, 5) is 13.4. The van der Waals surface area contributed by atoms with Gasteiger partial charge < -0.3 is 15.6 Å². The fraction of sp³-hybridized carbons (Fsp3) is 0.312. The first kappa shape index (κ1) is 16.4. The van der Waals surface area contributed by atoms with Crippen molar-refractivity contribution in [2.75, 3.05) is 31.5 Å². The van der Waals surface area contributed by atoms with Crippen LogP contribution < -0.4 is 10.6 Å². The molecule has 0 aromatic heterocycles. The van der Waals surface area contributed by atoms with Gasteiger partial charge in [-0.3, -0.25) is 4.90 Å². The van der Waals surface area contributed by atoms with Crippen LogP contribution in [0, 0.1) is 0 Å². The summed E-state index contributed by atoms with van der Waals surface area (Å²) in [5, 5.41) is 12.2. The van der Waals surface area contributed by atoms with Gasteiger partial charge in [0.05, 0.1) is 12.8 Å². The smallest absolute Gasteiger partial charge is 0.414 e. The predicted octanol–water partition coefficient (Wildman–Crippen LogP) is 3.03. The van der Waals surface area contributed by atoms with E-state index < -0.39 is 6.09 Å². The number of hydrogen-bond donors (Lipinski definition) is 2. The third kappa shape index (κ3) is 2.58. The molecule has 0 spiro atoms. The summed E-state index contributed by atoms with van der Waals surface area (Å²) < 4.78 is 4.80. The normalized spacial score (nSPS) is 16.0. The van der Waals surface area contributed by atoms with Crippen molar-refractivity contribution in [1.82, 2.24) is 0 Å². The van der Waals surface area contributed by atoms with E-state index in [0.29, 0.717) is 18.1 Å². The van der Waals surface area contributed by atoms with Gasteiger partial charge in [-0.25, -0.2) is 4.79 Å². The Bertz CT molecular complexity index is 690. The van der Waals surface area contributed by atoms with E-state index in [1.54, 1.807) is 0 Å². The van der Waals surface area contributed by atoms with Gasteiger partial charge >= 0.3 is 6.09 Å². The van der Waals surface area contributed by atoms with Crippen molar-refractivity contribution in [3.05, 3.63) is 35.9 Å². The summed E-state index contributed by atoms with van der Waals surface area (Å²) in [7, 11) is 2.84. The second kappa shape index (κ2) is 6.85. The van der Waals surface area contributed by atoms with Crippen LogP contribution in [0.1, 0.15) is 11.5 Å². The van der Waals surface area contributed by atoms with Crippen LogP contribution in [0.25, 0.3) is 10.8 Å². The quantitative estimate of drug-likeness (QED) is 0.791. The van der Waals surface area contributed by atoms with E-state index >= 15 is 0 Å². The zero-order chi connectivity index (χ0) is 16.3. The van der Waals surface area contributed by atoms with Crippen molar-refractivity contribution in [3.8, 4) is 5.75 Å². The molecule has 118 valence electrons. The molecule has 0 bridgehead atoms. The molecular formula is C16H19ClN2O3. The highest BCUT2D eigenvalue weighted by Gasteiger charge is 2.35. The number of phenols is 1. The van der Waals surface area contributed by atoms with E-state index in [9.17, 15) is 9.90 Å². The number of amides is 1. The van der Waals surface area contributed by atoms with E-state index in [1.165, 1.54) is 19.1 Å². The lowest BCUT2D eigenvalue weighted by Crippen LogP contribution is -2.29. The molecule has 0 radical (unpaired) electrons. The van der Waals surface area contributed by atoms with Crippen LogP contribution in [0.2, 0.25) is 0 Å². The predicted molar refractivity (Wildman–Crippen MR) is 88.9 cm³/mol. The van der Waals surface area contributed by atoms with E-state index in [4.69, 9.17) is 16.3 Å². The molecule has 0 saturated heterocycles. The highest BCUT2D eigenvalue weighted by atomic mass is 35.5. The van der Waals surface area contributed by atoms with E-state index in [-0.39, 0.29) is 11.7 Å². The third-order valence-corrected chi connectivity index (χ3v) is 4.09. The number of carbonyl (C=O) groups is 1. The number of fused-ring (bicyclic) bond motifs is 2. The number of anilines is 1. The molecule has 2 aromatic rings. The van der Waals surface area contributed by atoms with Gasteiger partial charge in [-0.15, -0.1) is 11.6 Å². The fourth-order valence-corrected chi connectivity index (χ4v) is 3.03. The number of halogens is 1. The number of methoxy groups -OCH3 is 1. The average Bonchev–Trinajstić information content (AvgIpc) is 2.95. The van der Waals surface area contributed by atoms with Crippen molar-refractivity contribution in [2.24, 2.45) is 5.73 Å². The molecule has 0 unspecified atom stereocenters. The maximum atomic E-state index is 11.9. The minimum atomic E-state index is -0.437. The summed E-state index contributed by atoms with van der Waals surface area (Å²) in [5.41, 5.74) is 5.91. The van der Waals surface area contributed by atoms with Gasteiger partial charge in [0.2, 0.25) is 0 Å².